The summed E-state index contributed by atoms with van der Waals surface area (Å²) in [6.07, 6.45) is 0. The second-order valence-corrected chi connectivity index (χ2v) is 3.99. The van der Waals surface area contributed by atoms with E-state index in [4.69, 9.17) is 0 Å². The quantitative estimate of drug-likeness (QED) is 0.851. The van der Waals surface area contributed by atoms with Crippen LogP contribution in [0.15, 0.2) is 24.3 Å². The predicted octanol–water partition coefficient (Wildman–Crippen LogP) is 2.03. The Bertz CT molecular complexity index is 381. The van der Waals surface area contributed by atoms with E-state index in [9.17, 15) is 9.18 Å². The lowest BCUT2D eigenvalue weighted by molar-refractivity contribution is -0.121. The highest BCUT2D eigenvalue weighted by Gasteiger charge is 2.21. The fourth-order valence-electron chi connectivity index (χ4n) is 1.78. The van der Waals surface area contributed by atoms with Gasteiger partial charge in [0.2, 0.25) is 5.91 Å². The average molecular weight is 238 g/mol. The number of rotatable bonds is 5. The molecular weight excluding hydrogens is 219 g/mol. The third-order valence-electron chi connectivity index (χ3n) is 2.66. The van der Waals surface area contributed by atoms with Gasteiger partial charge < -0.3 is 10.2 Å². The van der Waals surface area contributed by atoms with Gasteiger partial charge in [0.15, 0.2) is 0 Å². The molecule has 4 heteroatoms. The van der Waals surface area contributed by atoms with Crippen LogP contribution in [0.2, 0.25) is 0 Å². The minimum atomic E-state index is -0.362. The Balaban J connectivity index is 2.92. The summed E-state index contributed by atoms with van der Waals surface area (Å²) in [5, 5.41) is 2.95. The number of amides is 1. The molecule has 1 N–H and O–H groups in total. The Morgan fingerprint density at radius 3 is 2.65 bits per heavy atom. The van der Waals surface area contributed by atoms with Crippen LogP contribution in [0, 0.1) is 11.7 Å². The SMILES string of the molecule is CCN(C(=O)C(C)CNC)c1ccccc1F. The van der Waals surface area contributed by atoms with E-state index in [-0.39, 0.29) is 17.6 Å². The Kier molecular flexibility index (Phi) is 5.10. The number of benzene rings is 1. The standard InChI is InChI=1S/C13H19FN2O/c1-4-16(13(17)10(2)9-15-3)12-8-6-5-7-11(12)14/h5-8,10,15H,4,9H2,1-3H3. The molecule has 0 spiro atoms. The first kappa shape index (κ1) is 13.6. The van der Waals surface area contributed by atoms with Gasteiger partial charge in [0.05, 0.1) is 5.69 Å². The highest BCUT2D eigenvalue weighted by molar-refractivity contribution is 5.95. The highest BCUT2D eigenvalue weighted by Crippen LogP contribution is 2.20. The number of carbonyl (C=O) groups is 1. The molecule has 0 aliphatic rings. The second-order valence-electron chi connectivity index (χ2n) is 3.99. The maximum Gasteiger partial charge on any atom is 0.231 e. The zero-order chi connectivity index (χ0) is 12.8. The molecule has 0 saturated carbocycles. The fraction of sp³-hybridized carbons (Fsp3) is 0.462. The molecule has 0 fully saturated rings. The molecular formula is C13H19FN2O. The highest BCUT2D eigenvalue weighted by atomic mass is 19.1. The molecule has 0 radical (unpaired) electrons. The molecule has 1 unspecified atom stereocenters. The van der Waals surface area contributed by atoms with Gasteiger partial charge in [-0.1, -0.05) is 19.1 Å². The molecule has 1 atom stereocenters. The molecule has 0 aromatic heterocycles. The van der Waals surface area contributed by atoms with Gasteiger partial charge in [-0.15, -0.1) is 0 Å². The van der Waals surface area contributed by atoms with Crippen LogP contribution in [0.1, 0.15) is 13.8 Å². The molecule has 1 aromatic rings. The number of nitrogens with one attached hydrogen (secondary N) is 1. The van der Waals surface area contributed by atoms with Crippen LogP contribution in [-0.2, 0) is 4.79 Å². The molecule has 3 nitrogen and oxygen atoms in total. The molecule has 0 aliphatic heterocycles. The number of halogens is 1. The first-order valence-corrected chi connectivity index (χ1v) is 5.82. The third kappa shape index (κ3) is 3.27. The zero-order valence-electron chi connectivity index (χ0n) is 10.5. The molecule has 94 valence electrons. The summed E-state index contributed by atoms with van der Waals surface area (Å²) in [6, 6.07) is 6.35. The van der Waals surface area contributed by atoms with E-state index in [1.165, 1.54) is 11.0 Å². The van der Waals surface area contributed by atoms with Gasteiger partial charge in [-0.2, -0.15) is 0 Å². The van der Waals surface area contributed by atoms with Crippen molar-refractivity contribution >= 4 is 11.6 Å². The van der Waals surface area contributed by atoms with Crippen molar-refractivity contribution in [3.8, 4) is 0 Å². The van der Waals surface area contributed by atoms with Gasteiger partial charge in [-0.3, -0.25) is 4.79 Å². The van der Waals surface area contributed by atoms with Crippen LogP contribution in [0.25, 0.3) is 0 Å². The lowest BCUT2D eigenvalue weighted by Gasteiger charge is -2.24. The zero-order valence-corrected chi connectivity index (χ0v) is 10.5. The third-order valence-corrected chi connectivity index (χ3v) is 2.66. The summed E-state index contributed by atoms with van der Waals surface area (Å²) in [5.74, 6) is -0.592. The van der Waals surface area contributed by atoms with Crippen molar-refractivity contribution in [2.75, 3.05) is 25.0 Å². The normalized spacial score (nSPS) is 12.2. The summed E-state index contributed by atoms with van der Waals surface area (Å²) in [7, 11) is 1.79. The van der Waals surface area contributed by atoms with Gasteiger partial charge >= 0.3 is 0 Å². The number of para-hydroxylation sites is 1. The first-order chi connectivity index (χ1) is 8.11. The van der Waals surface area contributed by atoms with Crippen molar-refractivity contribution in [1.82, 2.24) is 5.32 Å². The molecule has 0 heterocycles. The number of carbonyl (C=O) groups excluding carboxylic acids is 1. The predicted molar refractivity (Wildman–Crippen MR) is 67.5 cm³/mol. The topological polar surface area (TPSA) is 32.3 Å². The first-order valence-electron chi connectivity index (χ1n) is 5.82. The lowest BCUT2D eigenvalue weighted by Crippen LogP contribution is -2.39. The number of nitrogens with zero attached hydrogens (tertiary/aromatic N) is 1. The molecule has 17 heavy (non-hydrogen) atoms. The summed E-state index contributed by atoms with van der Waals surface area (Å²) < 4.78 is 13.6. The molecule has 1 amide bonds. The summed E-state index contributed by atoms with van der Waals surface area (Å²) in [5.41, 5.74) is 0.350. The lowest BCUT2D eigenvalue weighted by atomic mass is 10.1. The maximum atomic E-state index is 13.6. The second kappa shape index (κ2) is 6.35. The van der Waals surface area contributed by atoms with Crippen molar-refractivity contribution in [3.63, 3.8) is 0 Å². The van der Waals surface area contributed by atoms with Gasteiger partial charge in [0.25, 0.3) is 0 Å². The van der Waals surface area contributed by atoms with Crippen LogP contribution < -0.4 is 10.2 Å². The van der Waals surface area contributed by atoms with E-state index in [2.05, 4.69) is 5.32 Å². The Morgan fingerprint density at radius 1 is 1.47 bits per heavy atom. The van der Waals surface area contributed by atoms with Crippen molar-refractivity contribution in [3.05, 3.63) is 30.1 Å². The largest absolute Gasteiger partial charge is 0.319 e. The van der Waals surface area contributed by atoms with E-state index in [1.54, 1.807) is 25.2 Å². The summed E-state index contributed by atoms with van der Waals surface area (Å²) in [4.78, 5) is 13.6. The van der Waals surface area contributed by atoms with Gasteiger partial charge in [-0.05, 0) is 26.1 Å². The van der Waals surface area contributed by atoms with Gasteiger partial charge in [0, 0.05) is 19.0 Å². The maximum absolute atomic E-state index is 13.6. The van der Waals surface area contributed by atoms with Crippen LogP contribution >= 0.6 is 0 Å². The van der Waals surface area contributed by atoms with E-state index in [0.29, 0.717) is 18.8 Å². The molecule has 0 aliphatic carbocycles. The summed E-state index contributed by atoms with van der Waals surface area (Å²) >= 11 is 0. The molecule has 0 saturated heterocycles. The van der Waals surface area contributed by atoms with E-state index >= 15 is 0 Å². The Labute approximate surface area is 102 Å². The molecule has 0 bridgehead atoms. The number of hydrogen-bond acceptors (Lipinski definition) is 2. The van der Waals surface area contributed by atoms with Crippen LogP contribution in [0.3, 0.4) is 0 Å². The average Bonchev–Trinajstić information content (AvgIpc) is 2.32. The fourth-order valence-corrected chi connectivity index (χ4v) is 1.78. The number of hydrogen-bond donors (Lipinski definition) is 1. The molecule has 1 aromatic carbocycles. The van der Waals surface area contributed by atoms with E-state index in [0.717, 1.165) is 0 Å². The molecule has 1 rings (SSSR count). The van der Waals surface area contributed by atoms with Crippen LogP contribution in [0.4, 0.5) is 10.1 Å². The van der Waals surface area contributed by atoms with E-state index < -0.39 is 0 Å². The minimum absolute atomic E-state index is 0.0630. The Hall–Kier alpha value is -1.42. The van der Waals surface area contributed by atoms with Crippen LogP contribution in [-0.4, -0.2) is 26.0 Å². The monoisotopic (exact) mass is 238 g/mol. The van der Waals surface area contributed by atoms with Crippen molar-refractivity contribution < 1.29 is 9.18 Å². The van der Waals surface area contributed by atoms with Crippen molar-refractivity contribution in [1.29, 1.82) is 0 Å². The van der Waals surface area contributed by atoms with Gasteiger partial charge in [-0.25, -0.2) is 4.39 Å². The van der Waals surface area contributed by atoms with Gasteiger partial charge in [0.1, 0.15) is 5.82 Å². The smallest absolute Gasteiger partial charge is 0.231 e. The minimum Gasteiger partial charge on any atom is -0.319 e. The Morgan fingerprint density at radius 2 is 2.12 bits per heavy atom. The van der Waals surface area contributed by atoms with Crippen molar-refractivity contribution in [2.24, 2.45) is 5.92 Å². The number of anilines is 1. The van der Waals surface area contributed by atoms with Crippen molar-refractivity contribution in [2.45, 2.75) is 13.8 Å². The summed E-state index contributed by atoms with van der Waals surface area (Å²) in [6.45, 7) is 4.73. The van der Waals surface area contributed by atoms with Crippen LogP contribution in [0.5, 0.6) is 0 Å². The van der Waals surface area contributed by atoms with E-state index in [1.807, 2.05) is 13.8 Å².